The molecule has 1 aliphatic rings. The van der Waals surface area contributed by atoms with Crippen molar-refractivity contribution in [1.29, 1.82) is 0 Å². The van der Waals surface area contributed by atoms with Crippen LogP contribution < -0.4 is 5.32 Å². The zero-order valence-corrected chi connectivity index (χ0v) is 15.2. The molecule has 3 heterocycles. The molecule has 1 fully saturated rings. The van der Waals surface area contributed by atoms with E-state index >= 15 is 0 Å². The number of hydrogen-bond acceptors (Lipinski definition) is 6. The van der Waals surface area contributed by atoms with Crippen LogP contribution in [0.25, 0.3) is 0 Å². The van der Waals surface area contributed by atoms with Crippen molar-refractivity contribution >= 4 is 29.2 Å². The number of carbonyl (C=O) groups is 2. The van der Waals surface area contributed by atoms with Crippen molar-refractivity contribution in [2.75, 3.05) is 18.4 Å². The fourth-order valence-electron chi connectivity index (χ4n) is 2.96. The zero-order valence-electron chi connectivity index (χ0n) is 14.4. The Morgan fingerprint density at radius 3 is 3.04 bits per heavy atom. The standard InChI is InChI=1S/C17H21N5O2S/c1-3-13-14(25-21-20-13)17(24)22-9-5-7-12(10-22)16(23)19-15-11(2)6-4-8-18-15/h4,6,8,12H,3,5,7,9-10H2,1-2H3,(H,18,19,23). The van der Waals surface area contributed by atoms with Crippen LogP contribution in [0.5, 0.6) is 0 Å². The summed E-state index contributed by atoms with van der Waals surface area (Å²) in [6.07, 6.45) is 3.90. The monoisotopic (exact) mass is 359 g/mol. The number of hydrogen-bond donors (Lipinski definition) is 1. The van der Waals surface area contributed by atoms with Crippen LogP contribution in [0, 0.1) is 12.8 Å². The number of amides is 2. The third kappa shape index (κ3) is 3.84. The summed E-state index contributed by atoms with van der Waals surface area (Å²) in [5.74, 6) is 0.191. The molecule has 0 aliphatic carbocycles. The summed E-state index contributed by atoms with van der Waals surface area (Å²) in [4.78, 5) is 31.9. The number of anilines is 1. The lowest BCUT2D eigenvalue weighted by molar-refractivity contribution is -0.121. The molecule has 25 heavy (non-hydrogen) atoms. The second-order valence-corrected chi connectivity index (χ2v) is 6.90. The number of aromatic nitrogens is 3. The van der Waals surface area contributed by atoms with Crippen molar-refractivity contribution in [2.45, 2.75) is 33.1 Å². The highest BCUT2D eigenvalue weighted by Gasteiger charge is 2.31. The van der Waals surface area contributed by atoms with Crippen molar-refractivity contribution in [3.63, 3.8) is 0 Å². The summed E-state index contributed by atoms with van der Waals surface area (Å²) >= 11 is 1.13. The van der Waals surface area contributed by atoms with E-state index in [-0.39, 0.29) is 17.7 Å². The van der Waals surface area contributed by atoms with Gasteiger partial charge in [-0.3, -0.25) is 9.59 Å². The van der Waals surface area contributed by atoms with E-state index in [1.165, 1.54) is 0 Å². The van der Waals surface area contributed by atoms with Crippen LogP contribution in [-0.2, 0) is 11.2 Å². The van der Waals surface area contributed by atoms with Gasteiger partial charge < -0.3 is 10.2 Å². The molecule has 1 saturated heterocycles. The molecule has 1 unspecified atom stereocenters. The fourth-order valence-corrected chi connectivity index (χ4v) is 3.68. The SMILES string of the molecule is CCc1nnsc1C(=O)N1CCCC(C(=O)Nc2ncccc2C)C1. The molecule has 0 spiro atoms. The van der Waals surface area contributed by atoms with Crippen LogP contribution in [0.1, 0.15) is 40.7 Å². The maximum atomic E-state index is 12.7. The first-order valence-electron chi connectivity index (χ1n) is 8.43. The molecule has 1 N–H and O–H groups in total. The highest BCUT2D eigenvalue weighted by atomic mass is 32.1. The third-order valence-corrected chi connectivity index (χ3v) is 5.17. The Morgan fingerprint density at radius 2 is 2.28 bits per heavy atom. The molecule has 2 aromatic heterocycles. The van der Waals surface area contributed by atoms with Gasteiger partial charge in [-0.25, -0.2) is 4.98 Å². The lowest BCUT2D eigenvalue weighted by Crippen LogP contribution is -2.43. The summed E-state index contributed by atoms with van der Waals surface area (Å²) in [5, 5.41) is 6.89. The number of nitrogens with zero attached hydrogens (tertiary/aromatic N) is 4. The Hall–Kier alpha value is -2.35. The average Bonchev–Trinajstić information content (AvgIpc) is 3.12. The normalized spacial score (nSPS) is 17.4. The van der Waals surface area contributed by atoms with Gasteiger partial charge in [0.15, 0.2) is 0 Å². The number of pyridine rings is 1. The fraction of sp³-hybridized carbons (Fsp3) is 0.471. The number of likely N-dealkylation sites (tertiary alicyclic amines) is 1. The highest BCUT2D eigenvalue weighted by Crippen LogP contribution is 2.23. The second-order valence-electron chi connectivity index (χ2n) is 6.15. The predicted molar refractivity (Wildman–Crippen MR) is 95.5 cm³/mol. The van der Waals surface area contributed by atoms with Gasteiger partial charge in [0.25, 0.3) is 5.91 Å². The van der Waals surface area contributed by atoms with E-state index < -0.39 is 0 Å². The van der Waals surface area contributed by atoms with Gasteiger partial charge in [-0.1, -0.05) is 17.5 Å². The molecule has 2 aromatic rings. The van der Waals surface area contributed by atoms with Crippen molar-refractivity contribution in [3.8, 4) is 0 Å². The van der Waals surface area contributed by atoms with Gasteiger partial charge in [0.1, 0.15) is 10.7 Å². The van der Waals surface area contributed by atoms with Crippen molar-refractivity contribution < 1.29 is 9.59 Å². The smallest absolute Gasteiger partial charge is 0.267 e. The van der Waals surface area contributed by atoms with Crippen molar-refractivity contribution in [2.24, 2.45) is 5.92 Å². The Bertz CT molecular complexity index is 776. The van der Waals surface area contributed by atoms with Crippen molar-refractivity contribution in [1.82, 2.24) is 19.5 Å². The van der Waals surface area contributed by atoms with E-state index in [0.29, 0.717) is 30.2 Å². The van der Waals surface area contributed by atoms with Crippen LogP contribution in [0.2, 0.25) is 0 Å². The Labute approximate surface area is 150 Å². The number of carbonyl (C=O) groups excluding carboxylic acids is 2. The van der Waals surface area contributed by atoms with Gasteiger partial charge in [0.2, 0.25) is 5.91 Å². The minimum Gasteiger partial charge on any atom is -0.337 e. The zero-order chi connectivity index (χ0) is 17.8. The first kappa shape index (κ1) is 17.5. The van der Waals surface area contributed by atoms with Gasteiger partial charge in [0.05, 0.1) is 11.6 Å². The Kier molecular flexibility index (Phi) is 5.37. The molecule has 0 saturated carbocycles. The maximum Gasteiger partial charge on any atom is 0.267 e. The van der Waals surface area contributed by atoms with E-state index in [9.17, 15) is 9.59 Å². The molecular formula is C17H21N5O2S. The minimum absolute atomic E-state index is 0.0710. The number of nitrogens with one attached hydrogen (secondary N) is 1. The molecule has 132 valence electrons. The van der Waals surface area contributed by atoms with Gasteiger partial charge in [-0.05, 0) is 49.3 Å². The summed E-state index contributed by atoms with van der Waals surface area (Å²) < 4.78 is 3.89. The van der Waals surface area contributed by atoms with Crippen LogP contribution >= 0.6 is 11.5 Å². The maximum absolute atomic E-state index is 12.7. The van der Waals surface area contributed by atoms with E-state index in [4.69, 9.17) is 0 Å². The topological polar surface area (TPSA) is 88.1 Å². The highest BCUT2D eigenvalue weighted by molar-refractivity contribution is 7.08. The molecule has 7 nitrogen and oxygen atoms in total. The van der Waals surface area contributed by atoms with E-state index in [0.717, 1.165) is 35.6 Å². The lowest BCUT2D eigenvalue weighted by Gasteiger charge is -2.31. The number of piperidine rings is 1. The van der Waals surface area contributed by atoms with E-state index in [1.807, 2.05) is 26.0 Å². The molecule has 0 aromatic carbocycles. The van der Waals surface area contributed by atoms with Crippen LogP contribution in [0.3, 0.4) is 0 Å². The van der Waals surface area contributed by atoms with Crippen LogP contribution in [0.15, 0.2) is 18.3 Å². The summed E-state index contributed by atoms with van der Waals surface area (Å²) in [6.45, 7) is 4.93. The van der Waals surface area contributed by atoms with E-state index in [1.54, 1.807) is 11.1 Å². The van der Waals surface area contributed by atoms with Crippen LogP contribution in [0.4, 0.5) is 5.82 Å². The molecule has 1 aliphatic heterocycles. The molecule has 0 radical (unpaired) electrons. The first-order valence-corrected chi connectivity index (χ1v) is 9.20. The van der Waals surface area contributed by atoms with Gasteiger partial charge in [0, 0.05) is 19.3 Å². The minimum atomic E-state index is -0.231. The number of aryl methyl sites for hydroxylation is 2. The molecular weight excluding hydrogens is 338 g/mol. The molecule has 8 heteroatoms. The number of rotatable bonds is 4. The van der Waals surface area contributed by atoms with Crippen LogP contribution in [-0.4, -0.2) is 44.4 Å². The van der Waals surface area contributed by atoms with Gasteiger partial charge in [-0.2, -0.15) is 0 Å². The van der Waals surface area contributed by atoms with Crippen molar-refractivity contribution in [3.05, 3.63) is 34.5 Å². The average molecular weight is 359 g/mol. The summed E-state index contributed by atoms with van der Waals surface area (Å²) in [7, 11) is 0. The van der Waals surface area contributed by atoms with E-state index in [2.05, 4.69) is 19.9 Å². The Balaban J connectivity index is 1.67. The third-order valence-electron chi connectivity index (χ3n) is 4.42. The molecule has 0 bridgehead atoms. The van der Waals surface area contributed by atoms with Gasteiger partial charge >= 0.3 is 0 Å². The second kappa shape index (κ2) is 7.69. The summed E-state index contributed by atoms with van der Waals surface area (Å²) in [5.41, 5.74) is 1.65. The summed E-state index contributed by atoms with van der Waals surface area (Å²) in [6, 6.07) is 3.74. The first-order chi connectivity index (χ1) is 12.1. The predicted octanol–water partition coefficient (Wildman–Crippen LogP) is 2.29. The largest absolute Gasteiger partial charge is 0.337 e. The quantitative estimate of drug-likeness (QED) is 0.905. The molecule has 1 atom stereocenters. The lowest BCUT2D eigenvalue weighted by atomic mass is 9.96. The Morgan fingerprint density at radius 1 is 1.44 bits per heavy atom. The van der Waals surface area contributed by atoms with Gasteiger partial charge in [-0.15, -0.1) is 5.10 Å². The molecule has 2 amide bonds. The molecule has 3 rings (SSSR count).